The van der Waals surface area contributed by atoms with Crippen LogP contribution in [-0.4, -0.2) is 37.8 Å². The minimum atomic E-state index is 0.0781. The Hall–Kier alpha value is -1.91. The fourth-order valence-corrected chi connectivity index (χ4v) is 4.25. The second-order valence-corrected chi connectivity index (χ2v) is 6.73. The first-order valence-electron chi connectivity index (χ1n) is 8.35. The van der Waals surface area contributed by atoms with Gasteiger partial charge in [0.2, 0.25) is 5.78 Å². The summed E-state index contributed by atoms with van der Waals surface area (Å²) in [5.74, 6) is 2.07. The highest BCUT2D eigenvalue weighted by Crippen LogP contribution is 2.39. The van der Waals surface area contributed by atoms with E-state index in [1.54, 1.807) is 12.4 Å². The number of carbonyl (C=O) groups excluding carboxylic acids is 1. The van der Waals surface area contributed by atoms with Gasteiger partial charge in [0.05, 0.1) is 0 Å². The fourth-order valence-electron chi connectivity index (χ4n) is 4.25. The first kappa shape index (κ1) is 13.7. The molecule has 2 fully saturated rings. The van der Waals surface area contributed by atoms with E-state index in [0.29, 0.717) is 23.4 Å². The number of hydrogen-bond donors (Lipinski definition) is 0. The number of aromatic nitrogens is 3. The summed E-state index contributed by atoms with van der Waals surface area (Å²) in [4.78, 5) is 23.7. The van der Waals surface area contributed by atoms with Crippen LogP contribution < -0.4 is 0 Å². The van der Waals surface area contributed by atoms with Crippen molar-refractivity contribution < 1.29 is 4.79 Å². The first-order chi connectivity index (χ1) is 10.7. The lowest BCUT2D eigenvalue weighted by Crippen LogP contribution is -2.52. The number of nitrogens with zero attached hydrogens (tertiary/aromatic N) is 4. The quantitative estimate of drug-likeness (QED) is 0.813. The third kappa shape index (κ3) is 2.19. The normalized spacial score (nSPS) is 28.6. The lowest BCUT2D eigenvalue weighted by Gasteiger charge is -2.47. The van der Waals surface area contributed by atoms with Gasteiger partial charge in [-0.3, -0.25) is 9.20 Å². The van der Waals surface area contributed by atoms with Crippen LogP contribution in [0.4, 0.5) is 0 Å². The van der Waals surface area contributed by atoms with Gasteiger partial charge < -0.3 is 4.90 Å². The smallest absolute Gasteiger partial charge is 0.274 e. The van der Waals surface area contributed by atoms with Gasteiger partial charge in [0.1, 0.15) is 5.69 Å². The van der Waals surface area contributed by atoms with Gasteiger partial charge in [0, 0.05) is 31.2 Å². The van der Waals surface area contributed by atoms with Crippen molar-refractivity contribution >= 4 is 11.7 Å². The van der Waals surface area contributed by atoms with Crippen molar-refractivity contribution in [2.24, 2.45) is 11.8 Å². The summed E-state index contributed by atoms with van der Waals surface area (Å²) in [6.45, 7) is 3.21. The van der Waals surface area contributed by atoms with Crippen LogP contribution in [0.5, 0.6) is 0 Å². The lowest BCUT2D eigenvalue weighted by molar-refractivity contribution is 0.0213. The van der Waals surface area contributed by atoms with Crippen LogP contribution in [0, 0.1) is 11.8 Å². The largest absolute Gasteiger partial charge is 0.334 e. The summed E-state index contributed by atoms with van der Waals surface area (Å²) in [7, 11) is 0. The van der Waals surface area contributed by atoms with E-state index in [1.807, 2.05) is 16.7 Å². The number of piperidine rings is 1. The molecule has 22 heavy (non-hydrogen) atoms. The van der Waals surface area contributed by atoms with E-state index in [9.17, 15) is 4.79 Å². The van der Waals surface area contributed by atoms with Gasteiger partial charge in [-0.1, -0.05) is 19.8 Å². The number of fused-ring (bicyclic) bond motifs is 2. The summed E-state index contributed by atoms with van der Waals surface area (Å²) >= 11 is 0. The molecule has 2 aliphatic rings. The van der Waals surface area contributed by atoms with Crippen LogP contribution in [0.15, 0.2) is 24.7 Å². The van der Waals surface area contributed by atoms with Crippen molar-refractivity contribution in [2.75, 3.05) is 6.54 Å². The Balaban J connectivity index is 1.63. The van der Waals surface area contributed by atoms with Gasteiger partial charge >= 0.3 is 0 Å². The van der Waals surface area contributed by atoms with Crippen molar-refractivity contribution in [1.29, 1.82) is 0 Å². The Morgan fingerprint density at radius 2 is 2.14 bits per heavy atom. The highest BCUT2D eigenvalue weighted by atomic mass is 16.2. The topological polar surface area (TPSA) is 50.5 Å². The summed E-state index contributed by atoms with van der Waals surface area (Å²) in [5, 5.41) is 0. The molecule has 1 saturated heterocycles. The summed E-state index contributed by atoms with van der Waals surface area (Å²) < 4.78 is 1.82. The van der Waals surface area contributed by atoms with E-state index >= 15 is 0 Å². The Kier molecular flexibility index (Phi) is 3.36. The SMILES string of the molecule is CC1CCN(C(=O)c2cn3cccnc3n2)C2CCCCC12. The molecule has 2 aromatic heterocycles. The number of carbonyl (C=O) groups is 1. The minimum absolute atomic E-state index is 0.0781. The number of imidazole rings is 1. The lowest BCUT2D eigenvalue weighted by atomic mass is 9.72. The van der Waals surface area contributed by atoms with Gasteiger partial charge in [0.15, 0.2) is 0 Å². The monoisotopic (exact) mass is 298 g/mol. The molecule has 0 aromatic carbocycles. The highest BCUT2D eigenvalue weighted by Gasteiger charge is 2.40. The third-order valence-corrected chi connectivity index (χ3v) is 5.45. The Bertz CT molecular complexity index is 662. The zero-order valence-corrected chi connectivity index (χ0v) is 13.0. The molecule has 0 spiro atoms. The van der Waals surface area contributed by atoms with Crippen LogP contribution in [0.1, 0.15) is 49.5 Å². The molecule has 1 aliphatic carbocycles. The van der Waals surface area contributed by atoms with E-state index in [1.165, 1.54) is 19.3 Å². The van der Waals surface area contributed by atoms with E-state index < -0.39 is 0 Å². The average molecular weight is 298 g/mol. The molecule has 2 aromatic rings. The summed E-state index contributed by atoms with van der Waals surface area (Å²) in [6.07, 6.45) is 11.5. The van der Waals surface area contributed by atoms with Gasteiger partial charge in [-0.25, -0.2) is 9.97 Å². The molecule has 3 atom stereocenters. The van der Waals surface area contributed by atoms with Crippen LogP contribution in [0.2, 0.25) is 0 Å². The van der Waals surface area contributed by atoms with Crippen LogP contribution in [-0.2, 0) is 0 Å². The van der Waals surface area contributed by atoms with Crippen LogP contribution in [0.25, 0.3) is 5.78 Å². The minimum Gasteiger partial charge on any atom is -0.334 e. The molecule has 0 N–H and O–H groups in total. The second-order valence-electron chi connectivity index (χ2n) is 6.73. The predicted molar refractivity (Wildman–Crippen MR) is 83.6 cm³/mol. The molecule has 0 bridgehead atoms. The first-order valence-corrected chi connectivity index (χ1v) is 8.35. The number of likely N-dealkylation sites (tertiary alicyclic amines) is 1. The van der Waals surface area contributed by atoms with Gasteiger partial charge in [-0.15, -0.1) is 0 Å². The van der Waals surface area contributed by atoms with Crippen molar-refractivity contribution in [3.05, 3.63) is 30.4 Å². The van der Waals surface area contributed by atoms with Crippen molar-refractivity contribution in [2.45, 2.75) is 45.1 Å². The molecule has 5 nitrogen and oxygen atoms in total. The molecule has 0 radical (unpaired) electrons. The second kappa shape index (κ2) is 5.38. The maximum Gasteiger partial charge on any atom is 0.274 e. The predicted octanol–water partition coefficient (Wildman–Crippen LogP) is 2.77. The maximum atomic E-state index is 13.0. The molecule has 1 saturated carbocycles. The molecule has 3 unspecified atom stereocenters. The standard InChI is InChI=1S/C17H22N4O/c1-12-7-10-21(15-6-3-2-5-13(12)15)16(22)14-11-20-9-4-8-18-17(20)19-14/h4,8-9,11-13,15H,2-3,5-7,10H2,1H3. The van der Waals surface area contributed by atoms with E-state index in [0.717, 1.165) is 25.3 Å². The molecule has 5 heteroatoms. The van der Waals surface area contributed by atoms with E-state index in [-0.39, 0.29) is 5.91 Å². The van der Waals surface area contributed by atoms with Crippen molar-refractivity contribution in [3.8, 4) is 0 Å². The Morgan fingerprint density at radius 3 is 3.00 bits per heavy atom. The summed E-state index contributed by atoms with van der Waals surface area (Å²) in [6, 6.07) is 2.26. The zero-order chi connectivity index (χ0) is 15.1. The number of rotatable bonds is 1. The Labute approximate surface area is 130 Å². The maximum absolute atomic E-state index is 13.0. The van der Waals surface area contributed by atoms with Gasteiger partial charge in [-0.2, -0.15) is 0 Å². The molecule has 4 rings (SSSR count). The molecule has 116 valence electrons. The molecular weight excluding hydrogens is 276 g/mol. The Morgan fingerprint density at radius 1 is 1.27 bits per heavy atom. The summed E-state index contributed by atoms with van der Waals surface area (Å²) in [5.41, 5.74) is 0.526. The average Bonchev–Trinajstić information content (AvgIpc) is 2.99. The van der Waals surface area contributed by atoms with E-state index in [4.69, 9.17) is 0 Å². The van der Waals surface area contributed by atoms with Crippen molar-refractivity contribution in [3.63, 3.8) is 0 Å². The van der Waals surface area contributed by atoms with Gasteiger partial charge in [-0.05, 0) is 37.2 Å². The number of amides is 1. The number of hydrogen-bond acceptors (Lipinski definition) is 3. The molecule has 1 aliphatic heterocycles. The van der Waals surface area contributed by atoms with Crippen molar-refractivity contribution in [1.82, 2.24) is 19.3 Å². The third-order valence-electron chi connectivity index (χ3n) is 5.45. The van der Waals surface area contributed by atoms with E-state index in [2.05, 4.69) is 21.8 Å². The van der Waals surface area contributed by atoms with Gasteiger partial charge in [0.25, 0.3) is 5.91 Å². The molecule has 3 heterocycles. The molecule has 1 amide bonds. The fraction of sp³-hybridized carbons (Fsp3) is 0.588. The van der Waals surface area contributed by atoms with Crippen LogP contribution >= 0.6 is 0 Å². The van der Waals surface area contributed by atoms with Crippen LogP contribution in [0.3, 0.4) is 0 Å². The highest BCUT2D eigenvalue weighted by molar-refractivity contribution is 5.93. The molecular formula is C17H22N4O. The zero-order valence-electron chi connectivity index (χ0n) is 13.0.